The normalized spacial score (nSPS) is 15.7. The first kappa shape index (κ1) is 17.2. The van der Waals surface area contributed by atoms with Gasteiger partial charge in [0.25, 0.3) is 5.91 Å². The molecule has 2 aromatic rings. The molecule has 3 rings (SSSR count). The zero-order chi connectivity index (χ0) is 17.6. The van der Waals surface area contributed by atoms with Gasteiger partial charge in [0.05, 0.1) is 6.21 Å². The Balaban J connectivity index is 1.61. The molecule has 6 heteroatoms. The predicted molar refractivity (Wildman–Crippen MR) is 98.5 cm³/mol. The molecule has 2 N–H and O–H groups in total. The highest BCUT2D eigenvalue weighted by atomic mass is 16.2. The summed E-state index contributed by atoms with van der Waals surface area (Å²) in [6.45, 7) is 2.84. The third-order valence-electron chi connectivity index (χ3n) is 4.61. The van der Waals surface area contributed by atoms with Gasteiger partial charge < -0.3 is 9.88 Å². The fourth-order valence-corrected chi connectivity index (χ4v) is 3.23. The first-order chi connectivity index (χ1) is 12.2. The van der Waals surface area contributed by atoms with Gasteiger partial charge in [-0.3, -0.25) is 9.59 Å². The molecule has 0 spiro atoms. The van der Waals surface area contributed by atoms with Crippen LogP contribution in [0.4, 0.5) is 0 Å². The summed E-state index contributed by atoms with van der Waals surface area (Å²) in [5.74, 6) is -0.207. The van der Waals surface area contributed by atoms with E-state index in [1.807, 2.05) is 18.3 Å². The summed E-state index contributed by atoms with van der Waals surface area (Å²) in [5, 5.41) is 5.13. The largest absolute Gasteiger partial charge is 0.360 e. The van der Waals surface area contributed by atoms with Crippen LogP contribution < -0.4 is 5.43 Å². The number of hydrogen-bond acceptors (Lipinski definition) is 3. The number of aromatic amines is 1. The van der Waals surface area contributed by atoms with Gasteiger partial charge in [-0.15, -0.1) is 0 Å². The Hall–Kier alpha value is -2.63. The first-order valence-electron chi connectivity index (χ1n) is 8.87. The van der Waals surface area contributed by atoms with Crippen molar-refractivity contribution in [1.29, 1.82) is 0 Å². The van der Waals surface area contributed by atoms with Crippen molar-refractivity contribution in [1.82, 2.24) is 15.3 Å². The van der Waals surface area contributed by atoms with Gasteiger partial charge in [-0.1, -0.05) is 31.5 Å². The van der Waals surface area contributed by atoms with Gasteiger partial charge in [-0.25, -0.2) is 5.43 Å². The van der Waals surface area contributed by atoms with E-state index >= 15 is 0 Å². The van der Waals surface area contributed by atoms with Crippen molar-refractivity contribution in [2.45, 2.75) is 39.0 Å². The van der Waals surface area contributed by atoms with E-state index in [0.29, 0.717) is 13.0 Å². The highest BCUT2D eigenvalue weighted by Gasteiger charge is 2.18. The molecule has 1 saturated heterocycles. The van der Waals surface area contributed by atoms with E-state index in [-0.39, 0.29) is 18.4 Å². The molecule has 1 aliphatic rings. The van der Waals surface area contributed by atoms with Crippen molar-refractivity contribution >= 4 is 28.9 Å². The van der Waals surface area contributed by atoms with Crippen molar-refractivity contribution in [2.75, 3.05) is 13.1 Å². The van der Waals surface area contributed by atoms with Crippen LogP contribution in [0.1, 0.15) is 43.7 Å². The van der Waals surface area contributed by atoms with Crippen molar-refractivity contribution in [3.8, 4) is 0 Å². The Kier molecular flexibility index (Phi) is 5.48. The van der Waals surface area contributed by atoms with Crippen LogP contribution in [0.15, 0.2) is 29.5 Å². The van der Waals surface area contributed by atoms with Crippen molar-refractivity contribution < 1.29 is 9.59 Å². The smallest absolute Gasteiger partial charge is 0.259 e. The lowest BCUT2D eigenvalue weighted by Gasteiger charge is -2.18. The number of rotatable bonds is 5. The second-order valence-corrected chi connectivity index (χ2v) is 6.36. The van der Waals surface area contributed by atoms with Crippen molar-refractivity contribution in [3.63, 3.8) is 0 Å². The molecule has 6 nitrogen and oxygen atoms in total. The second-order valence-electron chi connectivity index (χ2n) is 6.36. The summed E-state index contributed by atoms with van der Waals surface area (Å²) in [6.07, 6.45) is 7.92. The third-order valence-corrected chi connectivity index (χ3v) is 4.61. The zero-order valence-electron chi connectivity index (χ0n) is 14.5. The highest BCUT2D eigenvalue weighted by Crippen LogP contribution is 2.20. The third kappa shape index (κ3) is 4.07. The lowest BCUT2D eigenvalue weighted by molar-refractivity contribution is -0.135. The van der Waals surface area contributed by atoms with Gasteiger partial charge in [0, 0.05) is 35.6 Å². The number of aromatic nitrogens is 1. The maximum Gasteiger partial charge on any atom is 0.259 e. The van der Waals surface area contributed by atoms with E-state index in [1.165, 1.54) is 5.56 Å². The van der Waals surface area contributed by atoms with Crippen LogP contribution >= 0.6 is 0 Å². The van der Waals surface area contributed by atoms with Gasteiger partial charge >= 0.3 is 0 Å². The Morgan fingerprint density at radius 3 is 3.08 bits per heavy atom. The average Bonchev–Trinajstić information content (AvgIpc) is 2.92. The maximum absolute atomic E-state index is 12.0. The van der Waals surface area contributed by atoms with E-state index in [2.05, 4.69) is 28.5 Å². The van der Waals surface area contributed by atoms with Gasteiger partial charge in [-0.05, 0) is 24.8 Å². The Labute approximate surface area is 147 Å². The van der Waals surface area contributed by atoms with Gasteiger partial charge in [0.15, 0.2) is 0 Å². The number of para-hydroxylation sites is 1. The minimum atomic E-state index is -0.263. The zero-order valence-corrected chi connectivity index (χ0v) is 14.5. The molecular weight excluding hydrogens is 316 g/mol. The van der Waals surface area contributed by atoms with Crippen LogP contribution in [0.2, 0.25) is 0 Å². The summed E-state index contributed by atoms with van der Waals surface area (Å²) in [6, 6.07) is 6.15. The topological polar surface area (TPSA) is 77.6 Å². The number of hydrogen-bond donors (Lipinski definition) is 2. The SMILES string of the molecule is CCc1cccc2c(/C=N/NC(=O)CN3CCCCCC3=O)c[nH]c12. The molecule has 132 valence electrons. The number of hydrazone groups is 1. The molecule has 1 aromatic heterocycles. The van der Waals surface area contributed by atoms with Gasteiger partial charge in [0.2, 0.25) is 5.91 Å². The number of fused-ring (bicyclic) bond motifs is 1. The van der Waals surface area contributed by atoms with E-state index in [4.69, 9.17) is 0 Å². The van der Waals surface area contributed by atoms with E-state index in [1.54, 1.807) is 11.1 Å². The predicted octanol–water partition coefficient (Wildman–Crippen LogP) is 2.58. The summed E-state index contributed by atoms with van der Waals surface area (Å²) in [4.78, 5) is 28.8. The lowest BCUT2D eigenvalue weighted by Crippen LogP contribution is -2.39. The number of carbonyl (C=O) groups excluding carboxylic acids is 2. The molecule has 0 radical (unpaired) electrons. The van der Waals surface area contributed by atoms with Crippen LogP contribution in [-0.4, -0.2) is 41.0 Å². The molecule has 0 atom stereocenters. The number of aryl methyl sites for hydroxylation is 1. The minimum Gasteiger partial charge on any atom is -0.360 e. The quantitative estimate of drug-likeness (QED) is 0.648. The van der Waals surface area contributed by atoms with Gasteiger partial charge in [-0.2, -0.15) is 5.10 Å². The molecule has 2 heterocycles. The number of likely N-dealkylation sites (tertiary alicyclic amines) is 1. The lowest BCUT2D eigenvalue weighted by atomic mass is 10.1. The molecule has 1 aromatic carbocycles. The summed E-state index contributed by atoms with van der Waals surface area (Å²) in [7, 11) is 0. The van der Waals surface area contributed by atoms with E-state index in [0.717, 1.165) is 42.1 Å². The first-order valence-corrected chi connectivity index (χ1v) is 8.87. The molecule has 0 unspecified atom stereocenters. The molecule has 0 aliphatic carbocycles. The van der Waals surface area contributed by atoms with E-state index in [9.17, 15) is 9.59 Å². The fraction of sp³-hybridized carbons (Fsp3) is 0.421. The summed E-state index contributed by atoms with van der Waals surface area (Å²) < 4.78 is 0. The summed E-state index contributed by atoms with van der Waals surface area (Å²) in [5.41, 5.74) is 5.81. The minimum absolute atomic E-state index is 0.0559. The van der Waals surface area contributed by atoms with Crippen LogP contribution in [0.25, 0.3) is 10.9 Å². The highest BCUT2D eigenvalue weighted by molar-refractivity contribution is 6.00. The number of benzene rings is 1. The van der Waals surface area contributed by atoms with Crippen LogP contribution in [0.3, 0.4) is 0 Å². The molecule has 0 bridgehead atoms. The van der Waals surface area contributed by atoms with Crippen molar-refractivity contribution in [3.05, 3.63) is 35.5 Å². The number of nitrogens with zero attached hydrogens (tertiary/aromatic N) is 2. The number of carbonyl (C=O) groups is 2. The van der Waals surface area contributed by atoms with Gasteiger partial charge in [0.1, 0.15) is 6.54 Å². The molecule has 1 fully saturated rings. The number of amides is 2. The second kappa shape index (κ2) is 7.96. The van der Waals surface area contributed by atoms with E-state index < -0.39 is 0 Å². The monoisotopic (exact) mass is 340 g/mol. The standard InChI is InChI=1S/C19H24N4O2/c1-2-14-7-6-8-16-15(11-20-19(14)16)12-21-22-17(24)13-23-10-5-3-4-9-18(23)25/h6-8,11-12,20H,2-5,9-10,13H2,1H3,(H,22,24)/b21-12+. The Morgan fingerprint density at radius 1 is 1.36 bits per heavy atom. The average molecular weight is 340 g/mol. The molecular formula is C19H24N4O2. The maximum atomic E-state index is 12.0. The summed E-state index contributed by atoms with van der Waals surface area (Å²) >= 11 is 0. The Bertz CT molecular complexity index is 794. The van der Waals surface area contributed by atoms with Crippen LogP contribution in [-0.2, 0) is 16.0 Å². The molecule has 1 aliphatic heterocycles. The van der Waals surface area contributed by atoms with Crippen LogP contribution in [0.5, 0.6) is 0 Å². The number of nitrogens with one attached hydrogen (secondary N) is 2. The molecule has 2 amide bonds. The number of H-pyrrole nitrogens is 1. The molecule has 25 heavy (non-hydrogen) atoms. The molecule has 0 saturated carbocycles. The van der Waals surface area contributed by atoms with Crippen LogP contribution in [0, 0.1) is 0 Å². The van der Waals surface area contributed by atoms with Crippen molar-refractivity contribution in [2.24, 2.45) is 5.10 Å². The Morgan fingerprint density at radius 2 is 2.24 bits per heavy atom. The fourth-order valence-electron chi connectivity index (χ4n) is 3.23.